The molecule has 0 amide bonds. The number of hydrogen-bond donors (Lipinski definition) is 3. The van der Waals surface area contributed by atoms with Gasteiger partial charge in [0.05, 0.1) is 0 Å². The molecule has 0 aromatic heterocycles. The van der Waals surface area contributed by atoms with Crippen molar-refractivity contribution in [3.8, 4) is 5.75 Å². The molecule has 118 valence electrons. The molecular formula is C18H22ClNO2. The Morgan fingerprint density at radius 1 is 1.09 bits per heavy atom. The smallest absolute Gasteiger partial charge is 0.139 e. The Morgan fingerprint density at radius 2 is 1.82 bits per heavy atom. The van der Waals surface area contributed by atoms with E-state index in [4.69, 9.17) is 0 Å². The van der Waals surface area contributed by atoms with Crippen molar-refractivity contribution < 1.29 is 10.2 Å². The molecule has 0 spiro atoms. The number of halogens is 1. The van der Waals surface area contributed by atoms with Gasteiger partial charge in [0.1, 0.15) is 11.5 Å². The van der Waals surface area contributed by atoms with Crippen LogP contribution < -0.4 is 5.32 Å². The van der Waals surface area contributed by atoms with E-state index in [1.165, 1.54) is 11.1 Å². The van der Waals surface area contributed by atoms with Crippen LogP contribution in [0.4, 0.5) is 0 Å². The fraction of sp³-hybridized carbons (Fsp3) is 0.333. The molecule has 2 atom stereocenters. The average Bonchev–Trinajstić information content (AvgIpc) is 2.48. The first-order valence-corrected chi connectivity index (χ1v) is 7.41. The minimum absolute atomic E-state index is 0. The van der Waals surface area contributed by atoms with Crippen molar-refractivity contribution >= 4 is 12.4 Å². The summed E-state index contributed by atoms with van der Waals surface area (Å²) >= 11 is 0. The van der Waals surface area contributed by atoms with Crippen molar-refractivity contribution in [2.24, 2.45) is 0 Å². The summed E-state index contributed by atoms with van der Waals surface area (Å²) in [5.74, 6) is 0.330. The predicted molar refractivity (Wildman–Crippen MR) is 90.3 cm³/mol. The molecular weight excluding hydrogens is 298 g/mol. The zero-order chi connectivity index (χ0) is 14.9. The fourth-order valence-electron chi connectivity index (χ4n) is 3.11. The van der Waals surface area contributed by atoms with Gasteiger partial charge in [0.15, 0.2) is 0 Å². The van der Waals surface area contributed by atoms with Crippen LogP contribution >= 0.6 is 12.4 Å². The van der Waals surface area contributed by atoms with E-state index < -0.39 is 5.72 Å². The maximum absolute atomic E-state index is 10.7. The Bertz CT molecular complexity index is 628. The summed E-state index contributed by atoms with van der Waals surface area (Å²) in [6.07, 6.45) is 2.75. The summed E-state index contributed by atoms with van der Waals surface area (Å²) in [5, 5.41) is 23.6. The number of phenols is 1. The highest BCUT2D eigenvalue weighted by Crippen LogP contribution is 2.27. The molecule has 0 saturated heterocycles. The van der Waals surface area contributed by atoms with Crippen molar-refractivity contribution in [1.82, 2.24) is 5.32 Å². The highest BCUT2D eigenvalue weighted by molar-refractivity contribution is 5.85. The van der Waals surface area contributed by atoms with Gasteiger partial charge in [-0.3, -0.25) is 5.32 Å². The van der Waals surface area contributed by atoms with Crippen LogP contribution in [-0.2, 0) is 18.6 Å². The third-order valence-electron chi connectivity index (χ3n) is 4.24. The average molecular weight is 320 g/mol. The molecule has 0 saturated carbocycles. The van der Waals surface area contributed by atoms with E-state index in [9.17, 15) is 10.2 Å². The molecule has 2 aromatic rings. The summed E-state index contributed by atoms with van der Waals surface area (Å²) in [6, 6.07) is 15.5. The third-order valence-corrected chi connectivity index (χ3v) is 4.24. The largest absolute Gasteiger partial charge is 0.508 e. The molecule has 1 aliphatic carbocycles. The van der Waals surface area contributed by atoms with Gasteiger partial charge in [-0.25, -0.2) is 0 Å². The number of aliphatic hydroxyl groups is 1. The van der Waals surface area contributed by atoms with Crippen molar-refractivity contribution in [3.63, 3.8) is 0 Å². The lowest BCUT2D eigenvalue weighted by Crippen LogP contribution is -2.48. The van der Waals surface area contributed by atoms with Crippen LogP contribution in [0.2, 0.25) is 0 Å². The first-order chi connectivity index (χ1) is 10.0. The standard InChI is InChI=1S/C18H21NO2.ClH/c1-18(21,15-5-3-2-4-6-15)19-16-9-7-14-12-17(20)10-8-13(14)11-16;/h2-6,8,10,12,16,19-21H,7,9,11H2,1H3;1H. The number of phenolic OH excluding ortho intramolecular Hbond substituents is 1. The molecule has 3 rings (SSSR count). The SMILES string of the molecule is CC(O)(NC1CCc2cc(O)ccc2C1)c1ccccc1.Cl. The zero-order valence-electron chi connectivity index (χ0n) is 12.6. The van der Waals surface area contributed by atoms with E-state index in [-0.39, 0.29) is 18.4 Å². The van der Waals surface area contributed by atoms with Gasteiger partial charge in [0, 0.05) is 6.04 Å². The molecule has 4 heteroatoms. The number of aromatic hydroxyl groups is 1. The monoisotopic (exact) mass is 319 g/mol. The Kier molecular flexibility index (Phi) is 5.12. The second-order valence-electron chi connectivity index (χ2n) is 5.98. The third kappa shape index (κ3) is 3.61. The lowest BCUT2D eigenvalue weighted by molar-refractivity contribution is 0.00583. The van der Waals surface area contributed by atoms with Crippen LogP contribution in [-0.4, -0.2) is 16.3 Å². The molecule has 0 bridgehead atoms. The van der Waals surface area contributed by atoms with Gasteiger partial charge in [-0.05, 0) is 55.0 Å². The van der Waals surface area contributed by atoms with Crippen LogP contribution in [0.1, 0.15) is 30.0 Å². The van der Waals surface area contributed by atoms with E-state index in [0.29, 0.717) is 5.75 Å². The molecule has 2 aromatic carbocycles. The number of fused-ring (bicyclic) bond motifs is 1. The molecule has 0 radical (unpaired) electrons. The summed E-state index contributed by atoms with van der Waals surface area (Å²) in [7, 11) is 0. The fourth-order valence-corrected chi connectivity index (χ4v) is 3.11. The van der Waals surface area contributed by atoms with Gasteiger partial charge in [-0.1, -0.05) is 36.4 Å². The van der Waals surface area contributed by atoms with E-state index in [0.717, 1.165) is 24.8 Å². The highest BCUT2D eigenvalue weighted by atomic mass is 35.5. The Morgan fingerprint density at radius 3 is 2.55 bits per heavy atom. The van der Waals surface area contributed by atoms with E-state index in [2.05, 4.69) is 5.32 Å². The number of benzene rings is 2. The molecule has 22 heavy (non-hydrogen) atoms. The minimum atomic E-state index is -1.03. The van der Waals surface area contributed by atoms with E-state index in [1.807, 2.05) is 42.5 Å². The van der Waals surface area contributed by atoms with Crippen molar-refractivity contribution in [1.29, 1.82) is 0 Å². The van der Waals surface area contributed by atoms with Crippen molar-refractivity contribution in [2.45, 2.75) is 38.0 Å². The molecule has 0 aliphatic heterocycles. The van der Waals surface area contributed by atoms with Gasteiger partial charge in [-0.2, -0.15) is 0 Å². The van der Waals surface area contributed by atoms with Gasteiger partial charge in [0.2, 0.25) is 0 Å². The van der Waals surface area contributed by atoms with Crippen molar-refractivity contribution in [2.75, 3.05) is 0 Å². The van der Waals surface area contributed by atoms with Crippen LogP contribution in [0.3, 0.4) is 0 Å². The zero-order valence-corrected chi connectivity index (χ0v) is 13.4. The molecule has 3 N–H and O–H groups in total. The summed E-state index contributed by atoms with van der Waals surface area (Å²) in [5.41, 5.74) is 2.31. The quantitative estimate of drug-likeness (QED) is 0.762. The van der Waals surface area contributed by atoms with E-state index >= 15 is 0 Å². The topological polar surface area (TPSA) is 52.5 Å². The lowest BCUT2D eigenvalue weighted by atomic mass is 9.87. The first-order valence-electron chi connectivity index (χ1n) is 7.41. The van der Waals surface area contributed by atoms with Gasteiger partial charge in [0.25, 0.3) is 0 Å². The lowest BCUT2D eigenvalue weighted by Gasteiger charge is -2.34. The maximum atomic E-state index is 10.7. The number of aryl methyl sites for hydroxylation is 1. The van der Waals surface area contributed by atoms with Gasteiger partial charge < -0.3 is 10.2 Å². The normalized spacial score (nSPS) is 19.6. The number of hydrogen-bond acceptors (Lipinski definition) is 3. The van der Waals surface area contributed by atoms with Gasteiger partial charge >= 0.3 is 0 Å². The minimum Gasteiger partial charge on any atom is -0.508 e. The van der Waals surface area contributed by atoms with Crippen LogP contribution in [0.15, 0.2) is 48.5 Å². The van der Waals surface area contributed by atoms with Crippen LogP contribution in [0, 0.1) is 0 Å². The summed E-state index contributed by atoms with van der Waals surface area (Å²) in [4.78, 5) is 0. The Balaban J connectivity index is 0.00000176. The molecule has 2 unspecified atom stereocenters. The first kappa shape index (κ1) is 16.8. The molecule has 1 aliphatic rings. The maximum Gasteiger partial charge on any atom is 0.139 e. The number of nitrogens with one attached hydrogen (secondary N) is 1. The second-order valence-corrected chi connectivity index (χ2v) is 5.98. The number of rotatable bonds is 3. The Labute approximate surface area is 137 Å². The van der Waals surface area contributed by atoms with Crippen molar-refractivity contribution in [3.05, 3.63) is 65.2 Å². The van der Waals surface area contributed by atoms with Crippen LogP contribution in [0.25, 0.3) is 0 Å². The van der Waals surface area contributed by atoms with Gasteiger partial charge in [-0.15, -0.1) is 12.4 Å². The molecule has 3 nitrogen and oxygen atoms in total. The highest BCUT2D eigenvalue weighted by Gasteiger charge is 2.28. The van der Waals surface area contributed by atoms with Crippen LogP contribution in [0.5, 0.6) is 5.75 Å². The Hall–Kier alpha value is -1.55. The molecule has 0 heterocycles. The summed E-state index contributed by atoms with van der Waals surface area (Å²) < 4.78 is 0. The predicted octanol–water partition coefficient (Wildman–Crippen LogP) is 3.13. The van der Waals surface area contributed by atoms with E-state index in [1.54, 1.807) is 13.0 Å². The second kappa shape index (κ2) is 6.69. The molecule has 0 fully saturated rings. The summed E-state index contributed by atoms with van der Waals surface area (Å²) in [6.45, 7) is 1.80.